The molecule has 5 nitrogen and oxygen atoms in total. The minimum Gasteiger partial charge on any atom is -0.335 e. The molecule has 1 fully saturated rings. The van der Waals surface area contributed by atoms with Crippen molar-refractivity contribution in [1.82, 2.24) is 15.5 Å². The van der Waals surface area contributed by atoms with Crippen molar-refractivity contribution in [2.45, 2.75) is 59.5 Å². The Labute approximate surface area is 170 Å². The normalized spacial score (nSPS) is 13.7. The molecule has 2 rings (SSSR count). The van der Waals surface area contributed by atoms with Crippen molar-refractivity contribution in [1.29, 1.82) is 5.26 Å². The van der Waals surface area contributed by atoms with Crippen LogP contribution in [0.2, 0.25) is 0 Å². The lowest BCUT2D eigenvalue weighted by molar-refractivity contribution is 0.213. The van der Waals surface area contributed by atoms with Gasteiger partial charge in [-0.3, -0.25) is 0 Å². The standard InChI is InChI=1S/C15H23N3O.C4H7F.C2H6.CHN/c1-12-3-5-13(6-4-12)11-16-15(19)17-14-7-9-18(2)10-8-14;1-2-3-4-5;2*1-2/h3-6,14H,7-11H2,1-2H3,(H2,16,17,19);3-4H,2H2,1H3;1-2H3;1H/b;4-3+;;. The first-order valence-electron chi connectivity index (χ1n) is 9.84. The van der Waals surface area contributed by atoms with Gasteiger partial charge in [0.2, 0.25) is 0 Å². The Hall–Kier alpha value is -2.39. The van der Waals surface area contributed by atoms with Crippen LogP contribution in [0, 0.1) is 18.8 Å². The van der Waals surface area contributed by atoms with Gasteiger partial charge < -0.3 is 15.5 Å². The maximum atomic E-state index is 11.8. The zero-order chi connectivity index (χ0) is 21.8. The lowest BCUT2D eigenvalue weighted by Crippen LogP contribution is -2.46. The van der Waals surface area contributed by atoms with Gasteiger partial charge in [-0.1, -0.05) is 56.7 Å². The number of hydrogen-bond acceptors (Lipinski definition) is 3. The van der Waals surface area contributed by atoms with E-state index in [4.69, 9.17) is 5.26 Å². The number of carbonyl (C=O) groups excluding carboxylic acids is 1. The van der Waals surface area contributed by atoms with Crippen LogP contribution in [0.25, 0.3) is 0 Å². The van der Waals surface area contributed by atoms with Crippen LogP contribution >= 0.6 is 0 Å². The molecule has 0 aromatic heterocycles. The topological polar surface area (TPSA) is 68.2 Å². The van der Waals surface area contributed by atoms with Gasteiger partial charge in [-0.25, -0.2) is 14.4 Å². The van der Waals surface area contributed by atoms with Gasteiger partial charge in [-0.2, -0.15) is 0 Å². The molecule has 1 saturated heterocycles. The molecule has 0 bridgehead atoms. The number of likely N-dealkylation sites (tertiary alicyclic amines) is 1. The summed E-state index contributed by atoms with van der Waals surface area (Å²) in [7, 11) is 2.12. The molecule has 0 radical (unpaired) electrons. The van der Waals surface area contributed by atoms with Crippen molar-refractivity contribution in [2.24, 2.45) is 0 Å². The Balaban J connectivity index is 0. The average Bonchev–Trinajstić information content (AvgIpc) is 2.73. The van der Waals surface area contributed by atoms with Gasteiger partial charge in [0.1, 0.15) is 0 Å². The zero-order valence-electron chi connectivity index (χ0n) is 18.0. The quantitative estimate of drug-likeness (QED) is 0.763. The van der Waals surface area contributed by atoms with Crippen LogP contribution in [0.3, 0.4) is 0 Å². The van der Waals surface area contributed by atoms with Crippen LogP contribution < -0.4 is 10.6 Å². The maximum absolute atomic E-state index is 11.8. The third kappa shape index (κ3) is 14.7. The summed E-state index contributed by atoms with van der Waals surface area (Å²) in [5.41, 5.74) is 2.36. The minimum absolute atomic E-state index is 0.0601. The summed E-state index contributed by atoms with van der Waals surface area (Å²) < 4.78 is 10.8. The van der Waals surface area contributed by atoms with E-state index < -0.39 is 0 Å². The Bertz CT molecular complexity index is 535. The van der Waals surface area contributed by atoms with Crippen LogP contribution in [0.4, 0.5) is 9.18 Å². The number of aryl methyl sites for hydroxylation is 1. The van der Waals surface area contributed by atoms with Gasteiger partial charge in [0.05, 0.1) is 6.33 Å². The molecular formula is C22H37FN4O. The molecule has 0 unspecified atom stereocenters. The summed E-state index contributed by atoms with van der Waals surface area (Å²) in [5.74, 6) is 0. The Morgan fingerprint density at radius 3 is 2.21 bits per heavy atom. The largest absolute Gasteiger partial charge is 0.335 e. The predicted molar refractivity (Wildman–Crippen MR) is 116 cm³/mol. The lowest BCUT2D eigenvalue weighted by atomic mass is 10.1. The van der Waals surface area contributed by atoms with Crippen molar-refractivity contribution < 1.29 is 9.18 Å². The van der Waals surface area contributed by atoms with Crippen LogP contribution in [0.5, 0.6) is 0 Å². The summed E-state index contributed by atoms with van der Waals surface area (Å²) in [5, 5.41) is 12.5. The summed E-state index contributed by atoms with van der Waals surface area (Å²) in [6.45, 7) is 14.1. The predicted octanol–water partition coefficient (Wildman–Crippen LogP) is 4.93. The molecule has 158 valence electrons. The second-order valence-corrected chi connectivity index (χ2v) is 6.16. The number of piperidine rings is 1. The van der Waals surface area contributed by atoms with Crippen LogP contribution in [-0.4, -0.2) is 37.1 Å². The number of carbonyl (C=O) groups is 1. The number of urea groups is 1. The number of allylic oxidation sites excluding steroid dienone is 1. The highest BCUT2D eigenvalue weighted by molar-refractivity contribution is 5.74. The molecule has 28 heavy (non-hydrogen) atoms. The molecule has 1 heterocycles. The molecule has 0 saturated carbocycles. The summed E-state index contributed by atoms with van der Waals surface area (Å²) in [4.78, 5) is 14.1. The van der Waals surface area contributed by atoms with Gasteiger partial charge in [0.25, 0.3) is 0 Å². The van der Waals surface area contributed by atoms with E-state index in [0.29, 0.717) is 18.9 Å². The number of hydrogen-bond donors (Lipinski definition) is 2. The van der Waals surface area contributed by atoms with Gasteiger partial charge in [0.15, 0.2) is 0 Å². The molecule has 2 N–H and O–H groups in total. The monoisotopic (exact) mass is 392 g/mol. The molecule has 1 aliphatic rings. The second kappa shape index (κ2) is 19.4. The van der Waals surface area contributed by atoms with Crippen molar-refractivity contribution in [3.63, 3.8) is 0 Å². The summed E-state index contributed by atoms with van der Waals surface area (Å²) in [6.07, 6.45) is 4.87. The van der Waals surface area contributed by atoms with Crippen LogP contribution in [0.15, 0.2) is 36.7 Å². The Morgan fingerprint density at radius 2 is 1.79 bits per heavy atom. The van der Waals surface area contributed by atoms with E-state index in [2.05, 4.69) is 48.2 Å². The zero-order valence-corrected chi connectivity index (χ0v) is 18.0. The smallest absolute Gasteiger partial charge is 0.315 e. The molecule has 0 spiro atoms. The van der Waals surface area contributed by atoms with E-state index in [9.17, 15) is 9.18 Å². The first kappa shape index (κ1) is 27.8. The SMILES string of the molecule is C#N.CC.CC/C=C/F.Cc1ccc(CNC(=O)NC2CCN(C)CC2)cc1. The molecule has 0 atom stereocenters. The van der Waals surface area contributed by atoms with E-state index >= 15 is 0 Å². The number of amides is 2. The van der Waals surface area contributed by atoms with Crippen molar-refractivity contribution >= 4 is 6.03 Å². The number of nitrogens with one attached hydrogen (secondary N) is 2. The van der Waals surface area contributed by atoms with E-state index in [0.717, 1.165) is 37.9 Å². The van der Waals surface area contributed by atoms with Crippen LogP contribution in [0.1, 0.15) is 51.2 Å². The third-order valence-corrected chi connectivity index (χ3v) is 3.95. The molecule has 1 aromatic rings. The number of benzene rings is 1. The van der Waals surface area contributed by atoms with Crippen molar-refractivity contribution in [3.05, 3.63) is 47.8 Å². The first-order chi connectivity index (χ1) is 13.5. The summed E-state index contributed by atoms with van der Waals surface area (Å²) >= 11 is 0. The van der Waals surface area contributed by atoms with E-state index in [1.54, 1.807) is 0 Å². The van der Waals surface area contributed by atoms with Crippen molar-refractivity contribution in [3.8, 4) is 6.57 Å². The fraction of sp³-hybridized carbons (Fsp3) is 0.545. The fourth-order valence-electron chi connectivity index (χ4n) is 2.37. The average molecular weight is 393 g/mol. The fourth-order valence-corrected chi connectivity index (χ4v) is 2.37. The highest BCUT2D eigenvalue weighted by atomic mass is 19.1. The van der Waals surface area contributed by atoms with Crippen molar-refractivity contribution in [2.75, 3.05) is 20.1 Å². The number of nitrogens with zero attached hydrogens (tertiary/aromatic N) is 2. The Kier molecular flexibility index (Phi) is 19.3. The number of nitriles is 1. The third-order valence-electron chi connectivity index (χ3n) is 3.95. The summed E-state index contributed by atoms with van der Waals surface area (Å²) in [6, 6.07) is 8.47. The molecular weight excluding hydrogens is 355 g/mol. The van der Waals surface area contributed by atoms with Gasteiger partial charge in [-0.05, 0) is 51.9 Å². The van der Waals surface area contributed by atoms with Crippen LogP contribution in [-0.2, 0) is 6.54 Å². The molecule has 2 amide bonds. The molecule has 6 heteroatoms. The number of rotatable bonds is 4. The highest BCUT2D eigenvalue weighted by Crippen LogP contribution is 2.08. The first-order valence-corrected chi connectivity index (χ1v) is 9.84. The van der Waals surface area contributed by atoms with E-state index in [-0.39, 0.29) is 6.03 Å². The molecule has 0 aliphatic carbocycles. The van der Waals surface area contributed by atoms with Gasteiger partial charge in [-0.15, -0.1) is 0 Å². The minimum atomic E-state index is -0.0601. The van der Waals surface area contributed by atoms with E-state index in [1.165, 1.54) is 11.6 Å². The highest BCUT2D eigenvalue weighted by Gasteiger charge is 2.17. The van der Waals surface area contributed by atoms with Gasteiger partial charge >= 0.3 is 6.03 Å². The maximum Gasteiger partial charge on any atom is 0.315 e. The number of halogens is 1. The van der Waals surface area contributed by atoms with E-state index in [1.807, 2.05) is 32.9 Å². The van der Waals surface area contributed by atoms with Gasteiger partial charge in [0, 0.05) is 19.2 Å². The Morgan fingerprint density at radius 1 is 1.25 bits per heavy atom. The molecule has 1 aromatic carbocycles. The lowest BCUT2D eigenvalue weighted by Gasteiger charge is -2.29. The molecule has 1 aliphatic heterocycles. The second-order valence-electron chi connectivity index (χ2n) is 6.16.